The Morgan fingerprint density at radius 1 is 1.24 bits per heavy atom. The molecule has 0 radical (unpaired) electrons. The van der Waals surface area contributed by atoms with Gasteiger partial charge in [-0.15, -0.1) is 0 Å². The van der Waals surface area contributed by atoms with E-state index >= 15 is 0 Å². The number of phenolic OH excluding ortho intramolecular Hbond substituents is 1. The zero-order valence-corrected chi connectivity index (χ0v) is 12.1. The van der Waals surface area contributed by atoms with Gasteiger partial charge in [0.25, 0.3) is 0 Å². The minimum atomic E-state index is 0.0729. The Morgan fingerprint density at radius 3 is 2.76 bits per heavy atom. The van der Waals surface area contributed by atoms with Crippen LogP contribution in [0.15, 0.2) is 40.8 Å². The highest BCUT2D eigenvalue weighted by Gasteiger charge is 2.13. The molecule has 0 amide bonds. The lowest BCUT2D eigenvalue weighted by molar-refractivity contribution is 0.474. The topological polar surface area (TPSA) is 72.3 Å². The first kappa shape index (κ1) is 13.5. The van der Waals surface area contributed by atoms with E-state index in [2.05, 4.69) is 24.9 Å². The smallest absolute Gasteiger partial charge is 0.231 e. The number of phenols is 1. The second-order valence-corrected chi connectivity index (χ2v) is 5.33. The number of aromatic nitrogens is 1. The van der Waals surface area contributed by atoms with Crippen molar-refractivity contribution in [2.24, 2.45) is 0 Å². The monoisotopic (exact) mass is 282 g/mol. The molecule has 0 aliphatic heterocycles. The number of nitrogen functional groups attached to an aromatic ring is 1. The second kappa shape index (κ2) is 5.13. The Bertz CT molecular complexity index is 793. The molecule has 0 aliphatic carbocycles. The van der Waals surface area contributed by atoms with E-state index in [4.69, 9.17) is 10.2 Å². The van der Waals surface area contributed by atoms with E-state index in [1.54, 1.807) is 12.1 Å². The minimum absolute atomic E-state index is 0.0729. The Balaban J connectivity index is 2.08. The van der Waals surface area contributed by atoms with Gasteiger partial charge in [0, 0.05) is 11.8 Å². The van der Waals surface area contributed by atoms with Crippen LogP contribution in [-0.2, 0) is 0 Å². The maximum absolute atomic E-state index is 9.97. The average molecular weight is 282 g/mol. The van der Waals surface area contributed by atoms with Gasteiger partial charge in [-0.1, -0.05) is 19.9 Å². The molecule has 0 saturated heterocycles. The van der Waals surface area contributed by atoms with Crippen molar-refractivity contribution in [3.63, 3.8) is 0 Å². The van der Waals surface area contributed by atoms with Gasteiger partial charge < -0.3 is 15.3 Å². The van der Waals surface area contributed by atoms with Crippen LogP contribution in [-0.4, -0.2) is 10.1 Å². The molecule has 3 aromatic rings. The third kappa shape index (κ3) is 2.44. The van der Waals surface area contributed by atoms with Gasteiger partial charge in [0.05, 0.1) is 5.56 Å². The van der Waals surface area contributed by atoms with E-state index in [0.717, 1.165) is 11.9 Å². The van der Waals surface area contributed by atoms with Crippen LogP contribution in [0, 0.1) is 0 Å². The summed E-state index contributed by atoms with van der Waals surface area (Å²) in [5.74, 6) is 0.965. The summed E-state index contributed by atoms with van der Waals surface area (Å²) in [6, 6.07) is 11.0. The second-order valence-electron chi connectivity index (χ2n) is 5.33. The minimum Gasteiger partial charge on any atom is -0.507 e. The molecule has 0 spiro atoms. The summed E-state index contributed by atoms with van der Waals surface area (Å²) in [5.41, 5.74) is 9.45. The van der Waals surface area contributed by atoms with Gasteiger partial charge in [0.15, 0.2) is 5.58 Å². The summed E-state index contributed by atoms with van der Waals surface area (Å²) in [4.78, 5) is 4.48. The van der Waals surface area contributed by atoms with E-state index in [1.807, 2.05) is 12.1 Å². The number of anilines is 1. The SMILES string of the molecule is CCC(C)c1ccc2oc(-c3ccc(N)cc3O)nc2c1. The summed E-state index contributed by atoms with van der Waals surface area (Å²) >= 11 is 0. The van der Waals surface area contributed by atoms with E-state index < -0.39 is 0 Å². The number of benzene rings is 2. The number of nitrogens with two attached hydrogens (primary N) is 1. The number of hydrogen-bond donors (Lipinski definition) is 2. The van der Waals surface area contributed by atoms with Gasteiger partial charge in [-0.05, 0) is 42.2 Å². The van der Waals surface area contributed by atoms with Crippen LogP contribution in [0.5, 0.6) is 5.75 Å². The van der Waals surface area contributed by atoms with Gasteiger partial charge in [-0.2, -0.15) is 0 Å². The molecule has 1 heterocycles. The molecule has 0 bridgehead atoms. The van der Waals surface area contributed by atoms with Crippen molar-refractivity contribution in [1.82, 2.24) is 4.98 Å². The van der Waals surface area contributed by atoms with Gasteiger partial charge in [0.2, 0.25) is 5.89 Å². The molecular weight excluding hydrogens is 264 g/mol. The van der Waals surface area contributed by atoms with Gasteiger partial charge in [-0.25, -0.2) is 4.98 Å². The molecule has 108 valence electrons. The lowest BCUT2D eigenvalue weighted by atomic mass is 9.98. The normalized spacial score (nSPS) is 12.7. The first-order chi connectivity index (χ1) is 10.1. The predicted molar refractivity (Wildman–Crippen MR) is 84.2 cm³/mol. The van der Waals surface area contributed by atoms with E-state index in [1.165, 1.54) is 11.6 Å². The molecule has 1 aromatic heterocycles. The van der Waals surface area contributed by atoms with Crippen LogP contribution in [0.25, 0.3) is 22.6 Å². The van der Waals surface area contributed by atoms with E-state index in [-0.39, 0.29) is 5.75 Å². The molecular formula is C17H18N2O2. The first-order valence-electron chi connectivity index (χ1n) is 7.08. The highest BCUT2D eigenvalue weighted by molar-refractivity contribution is 5.78. The van der Waals surface area contributed by atoms with E-state index in [0.29, 0.717) is 28.6 Å². The number of nitrogens with zero attached hydrogens (tertiary/aromatic N) is 1. The summed E-state index contributed by atoms with van der Waals surface area (Å²) in [5, 5.41) is 9.97. The van der Waals surface area contributed by atoms with Crippen LogP contribution < -0.4 is 5.73 Å². The Morgan fingerprint density at radius 2 is 2.05 bits per heavy atom. The fourth-order valence-electron chi connectivity index (χ4n) is 2.33. The summed E-state index contributed by atoms with van der Waals surface area (Å²) in [6.45, 7) is 4.35. The third-order valence-electron chi connectivity index (χ3n) is 3.85. The molecule has 0 aliphatic rings. The van der Waals surface area contributed by atoms with Crippen molar-refractivity contribution in [2.75, 3.05) is 5.73 Å². The van der Waals surface area contributed by atoms with Crippen molar-refractivity contribution < 1.29 is 9.52 Å². The van der Waals surface area contributed by atoms with Gasteiger partial charge in [-0.3, -0.25) is 0 Å². The zero-order valence-electron chi connectivity index (χ0n) is 12.1. The van der Waals surface area contributed by atoms with Crippen molar-refractivity contribution in [2.45, 2.75) is 26.2 Å². The highest BCUT2D eigenvalue weighted by atomic mass is 16.3. The molecule has 1 atom stereocenters. The standard InChI is InChI=1S/C17H18N2O2/c1-3-10(2)11-4-7-16-14(8-11)19-17(21-16)13-6-5-12(18)9-15(13)20/h4-10,20H,3,18H2,1-2H3. The van der Waals surface area contributed by atoms with Gasteiger partial charge >= 0.3 is 0 Å². The zero-order chi connectivity index (χ0) is 15.0. The van der Waals surface area contributed by atoms with Crippen molar-refractivity contribution >= 4 is 16.8 Å². The molecule has 3 rings (SSSR count). The number of rotatable bonds is 3. The Labute approximate surface area is 123 Å². The van der Waals surface area contributed by atoms with Crippen molar-refractivity contribution in [3.05, 3.63) is 42.0 Å². The molecule has 4 heteroatoms. The Hall–Kier alpha value is -2.49. The lowest BCUT2D eigenvalue weighted by Crippen LogP contribution is -1.90. The maximum atomic E-state index is 9.97. The lowest BCUT2D eigenvalue weighted by Gasteiger charge is -2.07. The molecule has 21 heavy (non-hydrogen) atoms. The summed E-state index contributed by atoms with van der Waals surface area (Å²) in [6.07, 6.45) is 1.08. The number of fused-ring (bicyclic) bond motifs is 1. The van der Waals surface area contributed by atoms with Crippen LogP contribution in [0.4, 0.5) is 5.69 Å². The number of hydrogen-bond acceptors (Lipinski definition) is 4. The molecule has 1 unspecified atom stereocenters. The largest absolute Gasteiger partial charge is 0.507 e. The van der Waals surface area contributed by atoms with Crippen LogP contribution in [0.1, 0.15) is 31.7 Å². The Kier molecular flexibility index (Phi) is 3.29. The maximum Gasteiger partial charge on any atom is 0.231 e. The van der Waals surface area contributed by atoms with E-state index in [9.17, 15) is 5.11 Å². The number of oxazole rings is 1. The highest BCUT2D eigenvalue weighted by Crippen LogP contribution is 2.33. The molecule has 3 N–H and O–H groups in total. The molecule has 0 fully saturated rings. The quantitative estimate of drug-likeness (QED) is 0.703. The predicted octanol–water partition coefficient (Wildman–Crippen LogP) is 4.30. The molecule has 4 nitrogen and oxygen atoms in total. The number of aromatic hydroxyl groups is 1. The molecule has 2 aromatic carbocycles. The molecule has 0 saturated carbocycles. The first-order valence-corrected chi connectivity index (χ1v) is 7.08. The third-order valence-corrected chi connectivity index (χ3v) is 3.85. The fraction of sp³-hybridized carbons (Fsp3) is 0.235. The van der Waals surface area contributed by atoms with Crippen LogP contribution in [0.2, 0.25) is 0 Å². The summed E-state index contributed by atoms with van der Waals surface area (Å²) < 4.78 is 5.73. The van der Waals surface area contributed by atoms with Crippen molar-refractivity contribution in [1.29, 1.82) is 0 Å². The fourth-order valence-corrected chi connectivity index (χ4v) is 2.33. The van der Waals surface area contributed by atoms with Crippen molar-refractivity contribution in [3.8, 4) is 17.2 Å². The summed E-state index contributed by atoms with van der Waals surface area (Å²) in [7, 11) is 0. The van der Waals surface area contributed by atoms with Crippen LogP contribution in [0.3, 0.4) is 0 Å². The van der Waals surface area contributed by atoms with Gasteiger partial charge in [0.1, 0.15) is 11.3 Å². The van der Waals surface area contributed by atoms with Crippen LogP contribution >= 0.6 is 0 Å². The average Bonchev–Trinajstić information content (AvgIpc) is 2.88.